The predicted octanol–water partition coefficient (Wildman–Crippen LogP) is 2.68. The number of rotatable bonds is 5. The normalized spacial score (nSPS) is 25.8. The molecule has 0 aliphatic carbocycles. The minimum Gasteiger partial charge on any atom is -0.416 e. The van der Waals surface area contributed by atoms with E-state index in [4.69, 9.17) is 13.9 Å². The molecule has 0 amide bonds. The topological polar surface area (TPSA) is 27.7 Å². The molecule has 0 radical (unpaired) electrons. The summed E-state index contributed by atoms with van der Waals surface area (Å²) in [4.78, 5) is 0.980. The summed E-state index contributed by atoms with van der Waals surface area (Å²) in [5.41, 5.74) is 0. The molecule has 5 heteroatoms. The van der Waals surface area contributed by atoms with Gasteiger partial charge < -0.3 is 13.9 Å². The average molecular weight is 297 g/mol. The molecule has 1 aliphatic rings. The van der Waals surface area contributed by atoms with E-state index in [0.29, 0.717) is 6.61 Å². The number of alkyl halides is 1. The monoisotopic (exact) mass is 296 g/mol. The Morgan fingerprint density at radius 1 is 1.47 bits per heavy atom. The van der Waals surface area contributed by atoms with Crippen LogP contribution in [0, 0.1) is 0 Å². The first-order chi connectivity index (χ1) is 6.85. The molecule has 0 saturated carbocycles. The molecule has 90 valence electrons. The Kier molecular flexibility index (Phi) is 4.79. The maximum Gasteiger partial charge on any atom is 0.197 e. The fourth-order valence-corrected chi connectivity index (χ4v) is 2.64. The highest BCUT2D eigenvalue weighted by atomic mass is 79.9. The Labute approximate surface area is 102 Å². The smallest absolute Gasteiger partial charge is 0.197 e. The standard InChI is InChI=1S/C10H21BrO3Si/c1-10(2)12-7-9(14-10)5-6-13-15(3,4)8-11/h9H,5-8H2,1-4H3. The third-order valence-electron chi connectivity index (χ3n) is 2.32. The molecule has 0 spiro atoms. The third kappa shape index (κ3) is 4.95. The molecule has 1 aliphatic heterocycles. The number of hydrogen-bond acceptors (Lipinski definition) is 3. The van der Waals surface area contributed by atoms with E-state index in [-0.39, 0.29) is 6.10 Å². The average Bonchev–Trinajstić information content (AvgIpc) is 2.45. The number of halogens is 1. The Morgan fingerprint density at radius 3 is 2.60 bits per heavy atom. The first kappa shape index (κ1) is 13.6. The summed E-state index contributed by atoms with van der Waals surface area (Å²) in [5, 5.41) is 0. The van der Waals surface area contributed by atoms with E-state index in [1.54, 1.807) is 0 Å². The fourth-order valence-electron chi connectivity index (χ4n) is 1.41. The van der Waals surface area contributed by atoms with Crippen LogP contribution in [0.2, 0.25) is 13.1 Å². The van der Waals surface area contributed by atoms with Crippen molar-refractivity contribution in [1.29, 1.82) is 0 Å². The summed E-state index contributed by atoms with van der Waals surface area (Å²) < 4.78 is 17.1. The minimum atomic E-state index is -1.46. The Bertz CT molecular complexity index is 209. The first-order valence-electron chi connectivity index (χ1n) is 5.36. The van der Waals surface area contributed by atoms with E-state index >= 15 is 0 Å². The molecule has 1 rings (SSSR count). The summed E-state index contributed by atoms with van der Waals surface area (Å²) in [7, 11) is -1.46. The van der Waals surface area contributed by atoms with E-state index in [9.17, 15) is 0 Å². The van der Waals surface area contributed by atoms with Crippen LogP contribution >= 0.6 is 15.9 Å². The lowest BCUT2D eigenvalue weighted by molar-refractivity contribution is -0.139. The van der Waals surface area contributed by atoms with Crippen molar-refractivity contribution in [2.24, 2.45) is 0 Å². The molecule has 1 fully saturated rings. The molecule has 0 N–H and O–H groups in total. The van der Waals surface area contributed by atoms with Gasteiger partial charge in [-0.25, -0.2) is 0 Å². The first-order valence-corrected chi connectivity index (χ1v) is 9.60. The predicted molar refractivity (Wildman–Crippen MR) is 66.7 cm³/mol. The van der Waals surface area contributed by atoms with Crippen LogP contribution in [0.4, 0.5) is 0 Å². The Balaban J connectivity index is 2.17. The Hall–Kier alpha value is 0.577. The van der Waals surface area contributed by atoms with Crippen LogP contribution in [0.5, 0.6) is 0 Å². The van der Waals surface area contributed by atoms with Crippen molar-refractivity contribution in [3.8, 4) is 0 Å². The van der Waals surface area contributed by atoms with Gasteiger partial charge in [0.2, 0.25) is 0 Å². The van der Waals surface area contributed by atoms with E-state index in [1.807, 2.05) is 13.8 Å². The van der Waals surface area contributed by atoms with E-state index in [1.165, 1.54) is 0 Å². The summed E-state index contributed by atoms with van der Waals surface area (Å²) in [6.07, 6.45) is 1.12. The molecular weight excluding hydrogens is 276 g/mol. The van der Waals surface area contributed by atoms with Crippen molar-refractivity contribution in [3.63, 3.8) is 0 Å². The molecule has 15 heavy (non-hydrogen) atoms. The van der Waals surface area contributed by atoms with Crippen LogP contribution in [0.3, 0.4) is 0 Å². The second-order valence-corrected chi connectivity index (χ2v) is 10.7. The van der Waals surface area contributed by atoms with Crippen molar-refractivity contribution >= 4 is 24.2 Å². The highest BCUT2D eigenvalue weighted by Gasteiger charge is 2.32. The zero-order valence-corrected chi connectivity index (χ0v) is 12.6. The highest BCUT2D eigenvalue weighted by molar-refractivity contribution is 9.09. The molecule has 3 nitrogen and oxygen atoms in total. The second-order valence-electron chi connectivity index (χ2n) is 4.98. The van der Waals surface area contributed by atoms with Gasteiger partial charge in [0.15, 0.2) is 14.1 Å². The number of ether oxygens (including phenoxy) is 2. The quantitative estimate of drug-likeness (QED) is 0.577. The molecule has 1 atom stereocenters. The van der Waals surface area contributed by atoms with Gasteiger partial charge in [0.05, 0.1) is 12.7 Å². The van der Waals surface area contributed by atoms with Crippen LogP contribution in [-0.4, -0.2) is 38.4 Å². The summed E-state index contributed by atoms with van der Waals surface area (Å²) in [6, 6.07) is 0. The van der Waals surface area contributed by atoms with Gasteiger partial charge in [-0.3, -0.25) is 0 Å². The van der Waals surface area contributed by atoms with Gasteiger partial charge in [-0.2, -0.15) is 0 Å². The zero-order chi connectivity index (χ0) is 11.5. The van der Waals surface area contributed by atoms with Crippen LogP contribution in [0.1, 0.15) is 20.3 Å². The van der Waals surface area contributed by atoms with Crippen LogP contribution in [0.15, 0.2) is 0 Å². The van der Waals surface area contributed by atoms with E-state index < -0.39 is 14.1 Å². The van der Waals surface area contributed by atoms with Gasteiger partial charge in [0, 0.05) is 11.6 Å². The molecule has 0 bridgehead atoms. The molecule has 0 aromatic rings. The molecular formula is C10H21BrO3Si. The van der Waals surface area contributed by atoms with Gasteiger partial charge >= 0.3 is 0 Å². The van der Waals surface area contributed by atoms with Crippen LogP contribution < -0.4 is 0 Å². The van der Waals surface area contributed by atoms with E-state index in [0.717, 1.165) is 18.0 Å². The second kappa shape index (κ2) is 5.27. The van der Waals surface area contributed by atoms with Crippen molar-refractivity contribution in [2.45, 2.75) is 45.3 Å². The highest BCUT2D eigenvalue weighted by Crippen LogP contribution is 2.24. The molecule has 1 heterocycles. The van der Waals surface area contributed by atoms with Crippen LogP contribution in [-0.2, 0) is 13.9 Å². The van der Waals surface area contributed by atoms with Crippen LogP contribution in [0.25, 0.3) is 0 Å². The maximum atomic E-state index is 5.87. The largest absolute Gasteiger partial charge is 0.416 e. The van der Waals surface area contributed by atoms with Gasteiger partial charge in [-0.15, -0.1) is 0 Å². The van der Waals surface area contributed by atoms with Crippen molar-refractivity contribution < 1.29 is 13.9 Å². The van der Waals surface area contributed by atoms with E-state index in [2.05, 4.69) is 29.0 Å². The molecule has 0 aromatic carbocycles. The lowest BCUT2D eigenvalue weighted by atomic mass is 10.3. The summed E-state index contributed by atoms with van der Waals surface area (Å²) in [6.45, 7) is 9.77. The maximum absolute atomic E-state index is 5.87. The SMILES string of the molecule is CC1(C)OCC(CCO[Si](C)(C)CBr)O1. The Morgan fingerprint density at radius 2 is 2.13 bits per heavy atom. The zero-order valence-electron chi connectivity index (χ0n) is 10.0. The number of hydrogen-bond donors (Lipinski definition) is 0. The molecule has 1 unspecified atom stereocenters. The van der Waals surface area contributed by atoms with Crippen molar-refractivity contribution in [3.05, 3.63) is 0 Å². The lowest BCUT2D eigenvalue weighted by Crippen LogP contribution is -2.34. The summed E-state index contributed by atoms with van der Waals surface area (Å²) in [5.74, 6) is -0.410. The van der Waals surface area contributed by atoms with Gasteiger partial charge in [0.25, 0.3) is 0 Å². The van der Waals surface area contributed by atoms with Gasteiger partial charge in [-0.1, -0.05) is 15.9 Å². The van der Waals surface area contributed by atoms with Crippen molar-refractivity contribution in [2.75, 3.05) is 18.2 Å². The minimum absolute atomic E-state index is 0.195. The molecule has 0 aromatic heterocycles. The summed E-state index contributed by atoms with van der Waals surface area (Å²) >= 11 is 3.48. The van der Waals surface area contributed by atoms with Gasteiger partial charge in [0.1, 0.15) is 0 Å². The third-order valence-corrected chi connectivity index (χ3v) is 8.00. The lowest BCUT2D eigenvalue weighted by Gasteiger charge is -2.21. The fraction of sp³-hybridized carbons (Fsp3) is 1.00. The molecule has 1 saturated heterocycles. The van der Waals surface area contributed by atoms with Gasteiger partial charge in [-0.05, 0) is 33.4 Å². The van der Waals surface area contributed by atoms with Crippen molar-refractivity contribution in [1.82, 2.24) is 0 Å².